The topological polar surface area (TPSA) is 50.8 Å². The molecule has 8 heteroatoms. The lowest BCUT2D eigenvalue weighted by Crippen LogP contribution is -2.44. The largest absolute Gasteiger partial charge is 0.481 e. The van der Waals surface area contributed by atoms with Crippen LogP contribution in [0.1, 0.15) is 11.6 Å². The number of nitrogens with one attached hydrogen (secondary N) is 1. The molecule has 28 heavy (non-hydrogen) atoms. The molecular formula is C20H21BrClFN2O3. The van der Waals surface area contributed by atoms with Gasteiger partial charge in [-0.2, -0.15) is 0 Å². The molecule has 0 aromatic heterocycles. The van der Waals surface area contributed by atoms with E-state index < -0.39 is 5.82 Å². The maximum atomic E-state index is 13.8. The predicted molar refractivity (Wildman–Crippen MR) is 109 cm³/mol. The standard InChI is InChI=1S/C20H21BrClFN2O3/c21-15-3-6-19(17(23)11-15)28-13-20(26)24-12-18(25-7-9-27-10-8-25)14-1-4-16(22)5-2-14/h1-6,11,18H,7-10,12-13H2,(H,24,26). The van der Waals surface area contributed by atoms with E-state index in [4.69, 9.17) is 21.1 Å². The second-order valence-corrected chi connectivity index (χ2v) is 7.74. The Morgan fingerprint density at radius 2 is 1.96 bits per heavy atom. The van der Waals surface area contributed by atoms with E-state index in [2.05, 4.69) is 26.1 Å². The third-order valence-electron chi connectivity index (χ3n) is 4.49. The molecule has 1 amide bonds. The molecule has 0 spiro atoms. The van der Waals surface area contributed by atoms with Crippen LogP contribution in [-0.4, -0.2) is 50.3 Å². The van der Waals surface area contributed by atoms with E-state index in [0.717, 1.165) is 18.7 Å². The summed E-state index contributed by atoms with van der Waals surface area (Å²) in [6, 6.07) is 12.0. The van der Waals surface area contributed by atoms with Gasteiger partial charge in [-0.05, 0) is 35.9 Å². The minimum Gasteiger partial charge on any atom is -0.481 e. The van der Waals surface area contributed by atoms with Gasteiger partial charge in [0, 0.05) is 29.1 Å². The number of ether oxygens (including phenoxy) is 2. The number of halogens is 3. The third-order valence-corrected chi connectivity index (χ3v) is 5.23. The number of morpholine rings is 1. The molecule has 1 fully saturated rings. The van der Waals surface area contributed by atoms with Gasteiger partial charge in [-0.3, -0.25) is 9.69 Å². The van der Waals surface area contributed by atoms with Gasteiger partial charge in [0.15, 0.2) is 18.2 Å². The van der Waals surface area contributed by atoms with E-state index in [0.29, 0.717) is 29.3 Å². The van der Waals surface area contributed by atoms with Gasteiger partial charge >= 0.3 is 0 Å². The minimum absolute atomic E-state index is 0.00506. The van der Waals surface area contributed by atoms with Crippen molar-refractivity contribution in [3.05, 3.63) is 63.3 Å². The lowest BCUT2D eigenvalue weighted by atomic mass is 10.0. The molecular weight excluding hydrogens is 451 g/mol. The zero-order chi connectivity index (χ0) is 19.9. The SMILES string of the molecule is O=C(COc1ccc(Br)cc1F)NCC(c1ccc(Cl)cc1)N1CCOCC1. The number of rotatable bonds is 7. The van der Waals surface area contributed by atoms with Gasteiger partial charge in [-0.15, -0.1) is 0 Å². The normalized spacial score (nSPS) is 15.8. The number of nitrogens with zero attached hydrogens (tertiary/aromatic N) is 1. The first-order valence-corrected chi connectivity index (χ1v) is 10.1. The fraction of sp³-hybridized carbons (Fsp3) is 0.350. The number of hydrogen-bond acceptors (Lipinski definition) is 4. The highest BCUT2D eigenvalue weighted by atomic mass is 79.9. The number of carbonyl (C=O) groups is 1. The van der Waals surface area contributed by atoms with E-state index in [1.54, 1.807) is 6.07 Å². The van der Waals surface area contributed by atoms with Crippen molar-refractivity contribution < 1.29 is 18.7 Å². The second kappa shape index (κ2) is 10.2. The highest BCUT2D eigenvalue weighted by molar-refractivity contribution is 9.10. The van der Waals surface area contributed by atoms with E-state index in [1.165, 1.54) is 12.1 Å². The first-order valence-electron chi connectivity index (χ1n) is 8.95. The smallest absolute Gasteiger partial charge is 0.258 e. The summed E-state index contributed by atoms with van der Waals surface area (Å²) in [6.07, 6.45) is 0. The van der Waals surface area contributed by atoms with Gasteiger partial charge in [0.25, 0.3) is 5.91 Å². The molecule has 1 atom stereocenters. The van der Waals surface area contributed by atoms with Crippen molar-refractivity contribution in [2.75, 3.05) is 39.5 Å². The molecule has 150 valence electrons. The summed E-state index contributed by atoms with van der Waals surface area (Å²) in [5.74, 6) is -0.787. The summed E-state index contributed by atoms with van der Waals surface area (Å²) >= 11 is 9.18. The van der Waals surface area contributed by atoms with Gasteiger partial charge < -0.3 is 14.8 Å². The first kappa shape index (κ1) is 21.0. The summed E-state index contributed by atoms with van der Waals surface area (Å²) < 4.78 is 25.1. The Morgan fingerprint density at radius 3 is 2.64 bits per heavy atom. The van der Waals surface area contributed by atoms with Crippen molar-refractivity contribution in [2.45, 2.75) is 6.04 Å². The predicted octanol–water partition coefficient (Wildman–Crippen LogP) is 3.81. The highest BCUT2D eigenvalue weighted by Crippen LogP contribution is 2.23. The quantitative estimate of drug-likeness (QED) is 0.667. The molecule has 2 aromatic carbocycles. The van der Waals surface area contributed by atoms with Crippen molar-refractivity contribution in [3.8, 4) is 5.75 Å². The average Bonchev–Trinajstić information content (AvgIpc) is 2.69. The molecule has 0 radical (unpaired) electrons. The lowest BCUT2D eigenvalue weighted by molar-refractivity contribution is -0.123. The molecule has 0 bridgehead atoms. The summed E-state index contributed by atoms with van der Waals surface area (Å²) in [6.45, 7) is 3.03. The summed E-state index contributed by atoms with van der Waals surface area (Å²) in [5, 5.41) is 3.55. The molecule has 5 nitrogen and oxygen atoms in total. The van der Waals surface area contributed by atoms with Gasteiger partial charge in [0.1, 0.15) is 0 Å². The number of amides is 1. The number of benzene rings is 2. The maximum Gasteiger partial charge on any atom is 0.258 e. The Labute approximate surface area is 176 Å². The highest BCUT2D eigenvalue weighted by Gasteiger charge is 2.23. The van der Waals surface area contributed by atoms with Crippen LogP contribution in [0.2, 0.25) is 5.02 Å². The molecule has 1 unspecified atom stereocenters. The van der Waals surface area contributed by atoms with Crippen molar-refractivity contribution in [2.24, 2.45) is 0 Å². The molecule has 1 N–H and O–H groups in total. The third kappa shape index (κ3) is 5.91. The van der Waals surface area contributed by atoms with E-state index in [-0.39, 0.29) is 24.3 Å². The van der Waals surface area contributed by atoms with Crippen LogP contribution in [0.3, 0.4) is 0 Å². The van der Waals surface area contributed by atoms with Crippen LogP contribution in [0.5, 0.6) is 5.75 Å². The molecule has 0 aliphatic carbocycles. The monoisotopic (exact) mass is 470 g/mol. The molecule has 1 aliphatic heterocycles. The second-order valence-electron chi connectivity index (χ2n) is 6.38. The first-order chi connectivity index (χ1) is 13.5. The maximum absolute atomic E-state index is 13.8. The van der Waals surface area contributed by atoms with Gasteiger partial charge in [0.2, 0.25) is 0 Å². The van der Waals surface area contributed by atoms with E-state index in [9.17, 15) is 9.18 Å². The summed E-state index contributed by atoms with van der Waals surface area (Å²) in [7, 11) is 0. The Bertz CT molecular complexity index is 801. The van der Waals surface area contributed by atoms with Crippen molar-refractivity contribution in [1.82, 2.24) is 10.2 Å². The zero-order valence-electron chi connectivity index (χ0n) is 15.2. The lowest BCUT2D eigenvalue weighted by Gasteiger charge is -2.35. The fourth-order valence-corrected chi connectivity index (χ4v) is 3.49. The molecule has 0 saturated carbocycles. The zero-order valence-corrected chi connectivity index (χ0v) is 17.5. The van der Waals surface area contributed by atoms with E-state index >= 15 is 0 Å². The summed E-state index contributed by atoms with van der Waals surface area (Å²) in [5.41, 5.74) is 1.06. The van der Waals surface area contributed by atoms with Crippen LogP contribution >= 0.6 is 27.5 Å². The van der Waals surface area contributed by atoms with Gasteiger partial charge in [-0.25, -0.2) is 4.39 Å². The fourth-order valence-electron chi connectivity index (χ4n) is 3.03. The van der Waals surface area contributed by atoms with Crippen molar-refractivity contribution >= 4 is 33.4 Å². The molecule has 3 rings (SSSR count). The van der Waals surface area contributed by atoms with Gasteiger partial charge in [0.05, 0.1) is 19.3 Å². The molecule has 1 aliphatic rings. The number of hydrogen-bond donors (Lipinski definition) is 1. The van der Waals surface area contributed by atoms with Crippen LogP contribution in [0.25, 0.3) is 0 Å². The van der Waals surface area contributed by atoms with Crippen LogP contribution in [-0.2, 0) is 9.53 Å². The van der Waals surface area contributed by atoms with Crippen LogP contribution in [0, 0.1) is 5.82 Å². The van der Waals surface area contributed by atoms with Crippen molar-refractivity contribution in [3.63, 3.8) is 0 Å². The Balaban J connectivity index is 1.59. The Morgan fingerprint density at radius 1 is 1.25 bits per heavy atom. The van der Waals surface area contributed by atoms with Crippen LogP contribution < -0.4 is 10.1 Å². The minimum atomic E-state index is -0.519. The molecule has 2 aromatic rings. The molecule has 1 heterocycles. The number of carbonyl (C=O) groups excluding carboxylic acids is 1. The summed E-state index contributed by atoms with van der Waals surface area (Å²) in [4.78, 5) is 14.5. The Hall–Kier alpha value is -1.67. The van der Waals surface area contributed by atoms with Crippen molar-refractivity contribution in [1.29, 1.82) is 0 Å². The van der Waals surface area contributed by atoms with Crippen LogP contribution in [0.15, 0.2) is 46.9 Å². The average molecular weight is 472 g/mol. The van der Waals surface area contributed by atoms with Gasteiger partial charge in [-0.1, -0.05) is 39.7 Å². The Kier molecular flexibility index (Phi) is 7.67. The molecule has 1 saturated heterocycles. The van der Waals surface area contributed by atoms with Crippen LogP contribution in [0.4, 0.5) is 4.39 Å². The van der Waals surface area contributed by atoms with E-state index in [1.807, 2.05) is 24.3 Å².